The Morgan fingerprint density at radius 2 is 1.92 bits per heavy atom. The van der Waals surface area contributed by atoms with E-state index in [1.54, 1.807) is 0 Å². The summed E-state index contributed by atoms with van der Waals surface area (Å²) in [6.45, 7) is -0.659. The molecule has 0 atom stereocenters. The van der Waals surface area contributed by atoms with Crippen LogP contribution in [0.1, 0.15) is 6.92 Å². The molecule has 0 bridgehead atoms. The Bertz CT molecular complexity index is 283. The van der Waals surface area contributed by atoms with Crippen LogP contribution in [0.2, 0.25) is 0 Å². The summed E-state index contributed by atoms with van der Waals surface area (Å²) < 4.78 is 53.5. The number of ether oxygens (including phenoxy) is 1. The van der Waals surface area contributed by atoms with E-state index >= 15 is 0 Å². The first-order chi connectivity index (χ1) is 5.73. The molecule has 0 aromatic heterocycles. The van der Waals surface area contributed by atoms with Crippen LogP contribution in [0.25, 0.3) is 0 Å². The van der Waals surface area contributed by atoms with E-state index in [0.29, 0.717) is 7.11 Å². The van der Waals surface area contributed by atoms with Crippen molar-refractivity contribution in [1.29, 1.82) is 0 Å². The highest BCUT2D eigenvalue weighted by atomic mass is 32.2. The Balaban J connectivity index is 4.49. The molecule has 0 aliphatic carbocycles. The van der Waals surface area contributed by atoms with Gasteiger partial charge in [-0.15, -0.1) is 0 Å². The molecule has 0 aliphatic heterocycles. The number of carbonyl (C=O) groups excluding carboxylic acids is 1. The topological polar surface area (TPSA) is 69.7 Å². The van der Waals surface area contributed by atoms with Crippen LogP contribution < -0.4 is 0 Å². The standard InChI is InChI=1S/C5H8F2O5S/c1-4(8)12-3-5(6,7)13(9,10)11-2/h3H2,1-2H3. The molecule has 0 saturated carbocycles. The van der Waals surface area contributed by atoms with Gasteiger partial charge < -0.3 is 4.74 Å². The summed E-state index contributed by atoms with van der Waals surface area (Å²) in [4.78, 5) is 10.1. The summed E-state index contributed by atoms with van der Waals surface area (Å²) in [7, 11) is -4.41. The maximum atomic E-state index is 12.6. The number of alkyl halides is 2. The summed E-state index contributed by atoms with van der Waals surface area (Å²) in [5, 5.41) is -4.21. The van der Waals surface area contributed by atoms with E-state index in [9.17, 15) is 22.0 Å². The molecule has 5 nitrogen and oxygen atoms in total. The minimum atomic E-state index is -5.00. The Hall–Kier alpha value is -0.760. The zero-order valence-electron chi connectivity index (χ0n) is 6.91. The van der Waals surface area contributed by atoms with E-state index in [1.807, 2.05) is 0 Å². The second-order valence-corrected chi connectivity index (χ2v) is 3.88. The van der Waals surface area contributed by atoms with Gasteiger partial charge in [-0.1, -0.05) is 0 Å². The van der Waals surface area contributed by atoms with Gasteiger partial charge in [0.05, 0.1) is 7.11 Å². The molecule has 0 aliphatic rings. The van der Waals surface area contributed by atoms with Gasteiger partial charge in [-0.2, -0.15) is 17.2 Å². The van der Waals surface area contributed by atoms with E-state index < -0.39 is 27.9 Å². The van der Waals surface area contributed by atoms with E-state index in [1.165, 1.54) is 0 Å². The number of halogens is 2. The van der Waals surface area contributed by atoms with Crippen LogP contribution in [0.3, 0.4) is 0 Å². The molecule has 0 fully saturated rings. The van der Waals surface area contributed by atoms with Crippen molar-refractivity contribution in [2.45, 2.75) is 12.2 Å². The Kier molecular flexibility index (Phi) is 3.73. The molecule has 0 aromatic carbocycles. The smallest absolute Gasteiger partial charge is 0.403 e. The van der Waals surface area contributed by atoms with Crippen LogP contribution in [0, 0.1) is 0 Å². The third kappa shape index (κ3) is 3.23. The fourth-order valence-electron chi connectivity index (χ4n) is 0.380. The summed E-state index contributed by atoms with van der Waals surface area (Å²) in [5.74, 6) is -0.994. The van der Waals surface area contributed by atoms with Crippen LogP contribution in [0.4, 0.5) is 8.78 Å². The molecule has 0 radical (unpaired) electrons. The monoisotopic (exact) mass is 218 g/mol. The zero-order chi connectivity index (χ0) is 10.7. The molecule has 78 valence electrons. The second-order valence-electron chi connectivity index (χ2n) is 2.04. The maximum Gasteiger partial charge on any atom is 0.403 e. The number of hydrogen-bond acceptors (Lipinski definition) is 5. The highest BCUT2D eigenvalue weighted by Gasteiger charge is 2.47. The van der Waals surface area contributed by atoms with Gasteiger partial charge in [0, 0.05) is 6.92 Å². The number of esters is 1. The SMILES string of the molecule is COS(=O)(=O)C(F)(F)COC(C)=O. The first-order valence-corrected chi connectivity index (χ1v) is 4.45. The van der Waals surface area contributed by atoms with Crippen LogP contribution >= 0.6 is 0 Å². The molecule has 0 spiro atoms. The predicted molar refractivity (Wildman–Crippen MR) is 37.5 cm³/mol. The first kappa shape index (κ1) is 12.2. The van der Waals surface area contributed by atoms with Gasteiger partial charge in [0.15, 0.2) is 6.61 Å². The molecule has 0 amide bonds. The van der Waals surface area contributed by atoms with Crippen LogP contribution in [0.15, 0.2) is 0 Å². The Morgan fingerprint density at radius 3 is 2.23 bits per heavy atom. The van der Waals surface area contributed by atoms with E-state index in [4.69, 9.17) is 0 Å². The van der Waals surface area contributed by atoms with Gasteiger partial charge >= 0.3 is 21.3 Å². The first-order valence-electron chi connectivity index (χ1n) is 3.04. The molecule has 8 heteroatoms. The minimum Gasteiger partial charge on any atom is -0.458 e. The highest BCUT2D eigenvalue weighted by molar-refractivity contribution is 7.87. The lowest BCUT2D eigenvalue weighted by molar-refractivity contribution is -0.146. The van der Waals surface area contributed by atoms with Gasteiger partial charge in [0.1, 0.15) is 0 Å². The molecule has 0 saturated heterocycles. The van der Waals surface area contributed by atoms with Gasteiger partial charge in [-0.05, 0) is 0 Å². The number of rotatable bonds is 4. The molecule has 0 rings (SSSR count). The van der Waals surface area contributed by atoms with Crippen molar-refractivity contribution in [3.05, 3.63) is 0 Å². The minimum absolute atomic E-state index is 0.594. The lowest BCUT2D eigenvalue weighted by Crippen LogP contribution is -2.35. The van der Waals surface area contributed by atoms with Crippen molar-refractivity contribution in [3.8, 4) is 0 Å². The van der Waals surface area contributed by atoms with Gasteiger partial charge in [-0.3, -0.25) is 8.98 Å². The summed E-state index contributed by atoms with van der Waals surface area (Å²) in [6.07, 6.45) is 0. The quantitative estimate of drug-likeness (QED) is 0.495. The average Bonchev–Trinajstić information content (AvgIpc) is 2.01. The summed E-state index contributed by atoms with van der Waals surface area (Å²) >= 11 is 0. The molecule has 0 unspecified atom stereocenters. The third-order valence-corrected chi connectivity index (χ3v) is 2.32. The highest BCUT2D eigenvalue weighted by Crippen LogP contribution is 2.22. The van der Waals surface area contributed by atoms with Crippen molar-refractivity contribution in [2.75, 3.05) is 13.7 Å². The lowest BCUT2D eigenvalue weighted by Gasteiger charge is -2.14. The van der Waals surface area contributed by atoms with Gasteiger partial charge in [-0.25, -0.2) is 0 Å². The second kappa shape index (κ2) is 3.97. The lowest BCUT2D eigenvalue weighted by atomic mass is 10.7. The maximum absolute atomic E-state index is 12.6. The third-order valence-electron chi connectivity index (χ3n) is 1.03. The van der Waals surface area contributed by atoms with Crippen molar-refractivity contribution in [3.63, 3.8) is 0 Å². The Morgan fingerprint density at radius 1 is 1.46 bits per heavy atom. The molecular weight excluding hydrogens is 210 g/mol. The molecule has 0 heterocycles. The molecule has 0 N–H and O–H groups in total. The largest absolute Gasteiger partial charge is 0.458 e. The zero-order valence-corrected chi connectivity index (χ0v) is 7.73. The van der Waals surface area contributed by atoms with Crippen molar-refractivity contribution < 1.29 is 30.9 Å². The number of carbonyl (C=O) groups is 1. The number of hydrogen-bond donors (Lipinski definition) is 0. The van der Waals surface area contributed by atoms with Crippen LogP contribution in [0.5, 0.6) is 0 Å². The summed E-state index contributed by atoms with van der Waals surface area (Å²) in [5.41, 5.74) is 0. The van der Waals surface area contributed by atoms with Crippen molar-refractivity contribution >= 4 is 16.1 Å². The molecule has 13 heavy (non-hydrogen) atoms. The fourth-order valence-corrected chi connectivity index (χ4v) is 0.827. The van der Waals surface area contributed by atoms with E-state index in [2.05, 4.69) is 8.92 Å². The van der Waals surface area contributed by atoms with E-state index in [0.717, 1.165) is 6.92 Å². The Labute approximate surface area is 73.8 Å². The molecule has 0 aromatic rings. The van der Waals surface area contributed by atoms with Gasteiger partial charge in [0.25, 0.3) is 0 Å². The van der Waals surface area contributed by atoms with Crippen molar-refractivity contribution in [2.24, 2.45) is 0 Å². The summed E-state index contributed by atoms with van der Waals surface area (Å²) in [6, 6.07) is 0. The normalized spacial score (nSPS) is 12.6. The molecular formula is C5H8F2O5S. The van der Waals surface area contributed by atoms with Crippen molar-refractivity contribution in [1.82, 2.24) is 0 Å². The van der Waals surface area contributed by atoms with E-state index in [-0.39, 0.29) is 0 Å². The fraction of sp³-hybridized carbons (Fsp3) is 0.800. The van der Waals surface area contributed by atoms with Gasteiger partial charge in [0.2, 0.25) is 0 Å². The van der Waals surface area contributed by atoms with Crippen LogP contribution in [-0.2, 0) is 23.8 Å². The van der Waals surface area contributed by atoms with Crippen LogP contribution in [-0.4, -0.2) is 33.4 Å². The predicted octanol–water partition coefficient (Wildman–Crippen LogP) is 0.119. The average molecular weight is 218 g/mol.